The summed E-state index contributed by atoms with van der Waals surface area (Å²) in [5.74, 6) is 1.16. The maximum Gasteiger partial charge on any atom is 0.237 e. The SMILES string of the molecule is O=C(CN1CCC(CCN2CCOCC2)CC1)N1CCOC2CCCCC21. The molecule has 0 aromatic rings. The predicted molar refractivity (Wildman–Crippen MR) is 105 cm³/mol. The second-order valence-electron chi connectivity index (χ2n) is 8.81. The third-order valence-corrected chi connectivity index (χ3v) is 7.08. The van der Waals surface area contributed by atoms with Crippen molar-refractivity contribution in [2.75, 3.05) is 65.6 Å². The molecule has 6 nitrogen and oxygen atoms in total. The first-order chi connectivity index (χ1) is 13.3. The summed E-state index contributed by atoms with van der Waals surface area (Å²) < 4.78 is 11.4. The predicted octanol–water partition coefficient (Wildman–Crippen LogP) is 1.59. The molecule has 4 fully saturated rings. The molecule has 154 valence electrons. The molecule has 1 amide bonds. The van der Waals surface area contributed by atoms with Crippen LogP contribution in [0.15, 0.2) is 0 Å². The molecule has 2 atom stereocenters. The molecule has 1 aliphatic carbocycles. The van der Waals surface area contributed by atoms with Crippen molar-refractivity contribution < 1.29 is 14.3 Å². The van der Waals surface area contributed by atoms with Crippen LogP contribution in [0.25, 0.3) is 0 Å². The molecule has 3 saturated heterocycles. The Balaban J connectivity index is 1.18. The van der Waals surface area contributed by atoms with Gasteiger partial charge in [-0.2, -0.15) is 0 Å². The zero-order valence-corrected chi connectivity index (χ0v) is 16.8. The zero-order chi connectivity index (χ0) is 18.5. The van der Waals surface area contributed by atoms with Gasteiger partial charge in [0.05, 0.1) is 38.5 Å². The Labute approximate surface area is 164 Å². The second kappa shape index (κ2) is 9.68. The molecular formula is C21H37N3O3. The van der Waals surface area contributed by atoms with Crippen LogP contribution in [0.2, 0.25) is 0 Å². The van der Waals surface area contributed by atoms with Crippen LogP contribution in [0, 0.1) is 5.92 Å². The van der Waals surface area contributed by atoms with E-state index in [1.54, 1.807) is 0 Å². The van der Waals surface area contributed by atoms with Gasteiger partial charge in [0.2, 0.25) is 5.91 Å². The number of fused-ring (bicyclic) bond motifs is 1. The molecule has 4 aliphatic rings. The van der Waals surface area contributed by atoms with E-state index in [-0.39, 0.29) is 0 Å². The van der Waals surface area contributed by atoms with Gasteiger partial charge < -0.3 is 14.4 Å². The Morgan fingerprint density at radius 1 is 0.852 bits per heavy atom. The zero-order valence-electron chi connectivity index (χ0n) is 16.8. The summed E-state index contributed by atoms with van der Waals surface area (Å²) in [5.41, 5.74) is 0. The maximum absolute atomic E-state index is 12.9. The van der Waals surface area contributed by atoms with E-state index >= 15 is 0 Å². The molecule has 4 rings (SSSR count). The van der Waals surface area contributed by atoms with Gasteiger partial charge in [0.1, 0.15) is 0 Å². The van der Waals surface area contributed by atoms with Crippen molar-refractivity contribution in [3.05, 3.63) is 0 Å². The van der Waals surface area contributed by atoms with Crippen LogP contribution in [0.3, 0.4) is 0 Å². The fraction of sp³-hybridized carbons (Fsp3) is 0.952. The number of rotatable bonds is 5. The summed E-state index contributed by atoms with van der Waals surface area (Å²) in [5, 5.41) is 0. The Morgan fingerprint density at radius 2 is 1.63 bits per heavy atom. The highest BCUT2D eigenvalue weighted by Crippen LogP contribution is 2.29. The monoisotopic (exact) mass is 379 g/mol. The summed E-state index contributed by atoms with van der Waals surface area (Å²) in [4.78, 5) is 20.0. The minimum Gasteiger partial charge on any atom is -0.379 e. The van der Waals surface area contributed by atoms with E-state index in [0.29, 0.717) is 24.6 Å². The number of likely N-dealkylation sites (tertiary alicyclic amines) is 1. The van der Waals surface area contributed by atoms with E-state index in [2.05, 4.69) is 14.7 Å². The van der Waals surface area contributed by atoms with Crippen molar-refractivity contribution in [3.8, 4) is 0 Å². The molecule has 6 heteroatoms. The molecule has 0 spiro atoms. The van der Waals surface area contributed by atoms with E-state index in [1.807, 2.05) is 0 Å². The van der Waals surface area contributed by atoms with Crippen molar-refractivity contribution in [1.82, 2.24) is 14.7 Å². The Bertz CT molecular complexity index is 473. The Kier molecular flexibility index (Phi) is 7.03. The van der Waals surface area contributed by atoms with Crippen LogP contribution >= 0.6 is 0 Å². The summed E-state index contributed by atoms with van der Waals surface area (Å²) in [6, 6.07) is 0.339. The molecular weight excluding hydrogens is 342 g/mol. The van der Waals surface area contributed by atoms with Crippen molar-refractivity contribution >= 4 is 5.91 Å². The molecule has 2 unspecified atom stereocenters. The van der Waals surface area contributed by atoms with Crippen LogP contribution in [0.5, 0.6) is 0 Å². The smallest absolute Gasteiger partial charge is 0.237 e. The largest absolute Gasteiger partial charge is 0.379 e. The molecule has 0 bridgehead atoms. The first-order valence-corrected chi connectivity index (χ1v) is 11.2. The van der Waals surface area contributed by atoms with Crippen LogP contribution in [-0.2, 0) is 14.3 Å². The number of nitrogens with zero attached hydrogens (tertiary/aromatic N) is 3. The van der Waals surface area contributed by atoms with Crippen LogP contribution < -0.4 is 0 Å². The van der Waals surface area contributed by atoms with Crippen LogP contribution in [0.4, 0.5) is 0 Å². The van der Waals surface area contributed by atoms with Crippen molar-refractivity contribution in [1.29, 1.82) is 0 Å². The first-order valence-electron chi connectivity index (χ1n) is 11.2. The Morgan fingerprint density at radius 3 is 2.44 bits per heavy atom. The molecule has 0 aromatic heterocycles. The number of hydrogen-bond acceptors (Lipinski definition) is 5. The van der Waals surface area contributed by atoms with E-state index in [1.165, 1.54) is 38.6 Å². The quantitative estimate of drug-likeness (QED) is 0.726. The molecule has 0 aromatic carbocycles. The van der Waals surface area contributed by atoms with E-state index in [4.69, 9.17) is 9.47 Å². The van der Waals surface area contributed by atoms with Crippen molar-refractivity contribution in [3.63, 3.8) is 0 Å². The third kappa shape index (κ3) is 5.22. The first kappa shape index (κ1) is 19.6. The Hall–Kier alpha value is -0.690. The lowest BCUT2D eigenvalue weighted by Gasteiger charge is -2.44. The van der Waals surface area contributed by atoms with Crippen LogP contribution in [0.1, 0.15) is 44.9 Å². The number of amides is 1. The van der Waals surface area contributed by atoms with Gasteiger partial charge in [0.15, 0.2) is 0 Å². The molecule has 1 saturated carbocycles. The number of morpholine rings is 2. The van der Waals surface area contributed by atoms with E-state index in [0.717, 1.165) is 71.3 Å². The maximum atomic E-state index is 12.9. The van der Waals surface area contributed by atoms with E-state index in [9.17, 15) is 4.79 Å². The summed E-state index contributed by atoms with van der Waals surface area (Å²) in [7, 11) is 0. The minimum absolute atomic E-state index is 0.294. The number of piperidine rings is 1. The van der Waals surface area contributed by atoms with Gasteiger partial charge in [0, 0.05) is 19.6 Å². The number of carbonyl (C=O) groups excluding carboxylic acids is 1. The van der Waals surface area contributed by atoms with Gasteiger partial charge >= 0.3 is 0 Å². The van der Waals surface area contributed by atoms with Gasteiger partial charge in [-0.3, -0.25) is 14.6 Å². The van der Waals surface area contributed by atoms with Gasteiger partial charge in [-0.25, -0.2) is 0 Å². The van der Waals surface area contributed by atoms with Crippen molar-refractivity contribution in [2.45, 2.75) is 57.1 Å². The van der Waals surface area contributed by atoms with Gasteiger partial charge in [-0.15, -0.1) is 0 Å². The number of hydrogen-bond donors (Lipinski definition) is 0. The van der Waals surface area contributed by atoms with Gasteiger partial charge in [-0.05, 0) is 57.7 Å². The number of carbonyl (C=O) groups is 1. The van der Waals surface area contributed by atoms with Crippen LogP contribution in [-0.4, -0.2) is 98.4 Å². The normalized spacial score (nSPS) is 31.6. The summed E-state index contributed by atoms with van der Waals surface area (Å²) in [6.07, 6.45) is 8.82. The lowest BCUT2D eigenvalue weighted by atomic mass is 9.90. The molecule has 3 heterocycles. The second-order valence-corrected chi connectivity index (χ2v) is 8.81. The topological polar surface area (TPSA) is 45.2 Å². The van der Waals surface area contributed by atoms with E-state index < -0.39 is 0 Å². The minimum atomic E-state index is 0.294. The summed E-state index contributed by atoms with van der Waals surface area (Å²) >= 11 is 0. The highest BCUT2D eigenvalue weighted by Gasteiger charge is 2.37. The highest BCUT2D eigenvalue weighted by molar-refractivity contribution is 5.78. The lowest BCUT2D eigenvalue weighted by molar-refractivity contribution is -0.151. The fourth-order valence-electron chi connectivity index (χ4n) is 5.31. The molecule has 3 aliphatic heterocycles. The molecule has 0 radical (unpaired) electrons. The van der Waals surface area contributed by atoms with Crippen molar-refractivity contribution in [2.24, 2.45) is 5.92 Å². The number of ether oxygens (including phenoxy) is 2. The third-order valence-electron chi connectivity index (χ3n) is 7.08. The van der Waals surface area contributed by atoms with Gasteiger partial charge in [0.25, 0.3) is 0 Å². The highest BCUT2D eigenvalue weighted by atomic mass is 16.5. The average molecular weight is 380 g/mol. The fourth-order valence-corrected chi connectivity index (χ4v) is 5.31. The molecule has 0 N–H and O–H groups in total. The summed E-state index contributed by atoms with van der Waals surface area (Å²) in [6.45, 7) is 9.46. The average Bonchev–Trinajstić information content (AvgIpc) is 2.73. The molecule has 27 heavy (non-hydrogen) atoms. The standard InChI is InChI=1S/C21H37N3O3/c25-21(24-13-16-27-20-4-2-1-3-19(20)24)17-23-9-6-18(7-10-23)5-8-22-11-14-26-15-12-22/h18-20H,1-17H2. The van der Waals surface area contributed by atoms with Gasteiger partial charge in [-0.1, -0.05) is 12.8 Å². The lowest BCUT2D eigenvalue weighted by Crippen LogP contribution is -2.57.